The number of nitrogens with zero attached hydrogens (tertiary/aromatic N) is 2. The van der Waals surface area contributed by atoms with Gasteiger partial charge in [-0.25, -0.2) is 0 Å². The van der Waals surface area contributed by atoms with E-state index in [1.807, 2.05) is 0 Å². The van der Waals surface area contributed by atoms with Gasteiger partial charge in [0.05, 0.1) is 13.2 Å². The SMILES string of the molecule is CC(C)COCCCN=C(N)NCCCN1CCOCC1.I. The third-order valence-corrected chi connectivity index (χ3v) is 3.24. The van der Waals surface area contributed by atoms with Crippen LogP contribution in [0.4, 0.5) is 0 Å². The molecule has 0 atom stereocenters. The highest BCUT2D eigenvalue weighted by atomic mass is 127. The molecule has 1 saturated heterocycles. The first-order chi connectivity index (χ1) is 10.2. The lowest BCUT2D eigenvalue weighted by molar-refractivity contribution is 0.0376. The van der Waals surface area contributed by atoms with Crippen LogP contribution in [0.5, 0.6) is 0 Å². The van der Waals surface area contributed by atoms with Crippen LogP contribution in [0.3, 0.4) is 0 Å². The predicted octanol–water partition coefficient (Wildman–Crippen LogP) is 1.29. The molecule has 1 rings (SSSR count). The van der Waals surface area contributed by atoms with Gasteiger partial charge in [-0.1, -0.05) is 13.8 Å². The van der Waals surface area contributed by atoms with Crippen LogP contribution < -0.4 is 11.1 Å². The summed E-state index contributed by atoms with van der Waals surface area (Å²) in [5.41, 5.74) is 5.82. The summed E-state index contributed by atoms with van der Waals surface area (Å²) in [5, 5.41) is 3.16. The fourth-order valence-corrected chi connectivity index (χ4v) is 2.08. The summed E-state index contributed by atoms with van der Waals surface area (Å²) in [6, 6.07) is 0. The van der Waals surface area contributed by atoms with Crippen LogP contribution in [0, 0.1) is 5.92 Å². The molecule has 0 aliphatic carbocycles. The van der Waals surface area contributed by atoms with Crippen LogP contribution in [-0.4, -0.2) is 70.0 Å². The van der Waals surface area contributed by atoms with Crippen molar-refractivity contribution in [2.75, 3.05) is 59.2 Å². The van der Waals surface area contributed by atoms with E-state index < -0.39 is 0 Å². The van der Waals surface area contributed by atoms with Crippen molar-refractivity contribution in [1.29, 1.82) is 0 Å². The molecule has 1 aliphatic heterocycles. The van der Waals surface area contributed by atoms with Crippen molar-refractivity contribution >= 4 is 29.9 Å². The molecule has 0 unspecified atom stereocenters. The van der Waals surface area contributed by atoms with Gasteiger partial charge in [0.25, 0.3) is 0 Å². The Bertz CT molecular complexity index is 285. The largest absolute Gasteiger partial charge is 0.381 e. The summed E-state index contributed by atoms with van der Waals surface area (Å²) in [6.07, 6.45) is 2.00. The van der Waals surface area contributed by atoms with E-state index in [1.165, 1.54) is 0 Å². The molecule has 0 aromatic heterocycles. The van der Waals surface area contributed by atoms with E-state index in [0.29, 0.717) is 11.9 Å². The smallest absolute Gasteiger partial charge is 0.188 e. The molecule has 1 aliphatic rings. The minimum atomic E-state index is 0. The van der Waals surface area contributed by atoms with Crippen LogP contribution in [-0.2, 0) is 9.47 Å². The second-order valence-electron chi connectivity index (χ2n) is 5.82. The van der Waals surface area contributed by atoms with Crippen LogP contribution >= 0.6 is 24.0 Å². The number of guanidine groups is 1. The van der Waals surface area contributed by atoms with E-state index in [-0.39, 0.29) is 24.0 Å². The number of nitrogens with one attached hydrogen (secondary N) is 1. The predicted molar refractivity (Wildman–Crippen MR) is 102 cm³/mol. The average molecular weight is 428 g/mol. The molecule has 0 radical (unpaired) electrons. The van der Waals surface area contributed by atoms with Gasteiger partial charge >= 0.3 is 0 Å². The van der Waals surface area contributed by atoms with E-state index in [0.717, 1.165) is 72.0 Å². The van der Waals surface area contributed by atoms with E-state index in [1.54, 1.807) is 0 Å². The molecule has 0 aromatic rings. The zero-order valence-corrected chi connectivity index (χ0v) is 16.4. The highest BCUT2D eigenvalue weighted by Gasteiger charge is 2.08. The molecule has 0 amide bonds. The highest BCUT2D eigenvalue weighted by Crippen LogP contribution is 1.97. The van der Waals surface area contributed by atoms with Gasteiger partial charge in [0, 0.05) is 39.4 Å². The number of rotatable bonds is 10. The van der Waals surface area contributed by atoms with Crippen LogP contribution in [0.1, 0.15) is 26.7 Å². The Hall–Kier alpha value is -0.120. The Balaban J connectivity index is 0.00000441. The molecular formula is C15H33IN4O2. The van der Waals surface area contributed by atoms with Crippen molar-refractivity contribution in [3.63, 3.8) is 0 Å². The van der Waals surface area contributed by atoms with Crippen molar-refractivity contribution in [3.05, 3.63) is 0 Å². The lowest BCUT2D eigenvalue weighted by atomic mass is 10.2. The average Bonchev–Trinajstić information content (AvgIpc) is 2.48. The molecule has 0 saturated carbocycles. The number of morpholine rings is 1. The Morgan fingerprint density at radius 1 is 1.32 bits per heavy atom. The fourth-order valence-electron chi connectivity index (χ4n) is 2.08. The number of hydrogen-bond acceptors (Lipinski definition) is 4. The van der Waals surface area contributed by atoms with Gasteiger partial charge in [-0.15, -0.1) is 24.0 Å². The molecule has 6 nitrogen and oxygen atoms in total. The summed E-state index contributed by atoms with van der Waals surface area (Å²) in [6.45, 7) is 12.4. The van der Waals surface area contributed by atoms with Gasteiger partial charge in [0.2, 0.25) is 0 Å². The maximum atomic E-state index is 5.82. The molecule has 1 fully saturated rings. The lowest BCUT2D eigenvalue weighted by Gasteiger charge is -2.26. The van der Waals surface area contributed by atoms with Gasteiger partial charge in [-0.2, -0.15) is 0 Å². The summed E-state index contributed by atoms with van der Waals surface area (Å²) < 4.78 is 10.8. The fraction of sp³-hybridized carbons (Fsp3) is 0.933. The van der Waals surface area contributed by atoms with Crippen LogP contribution in [0.15, 0.2) is 4.99 Å². The van der Waals surface area contributed by atoms with E-state index in [2.05, 4.69) is 29.1 Å². The molecule has 0 aromatic carbocycles. The second-order valence-corrected chi connectivity index (χ2v) is 5.82. The van der Waals surface area contributed by atoms with Gasteiger partial charge in [0.1, 0.15) is 0 Å². The molecule has 0 bridgehead atoms. The molecule has 7 heteroatoms. The van der Waals surface area contributed by atoms with Crippen molar-refractivity contribution in [3.8, 4) is 0 Å². The van der Waals surface area contributed by atoms with Gasteiger partial charge in [-0.3, -0.25) is 9.89 Å². The number of ether oxygens (including phenoxy) is 2. The maximum Gasteiger partial charge on any atom is 0.188 e. The number of halogens is 1. The van der Waals surface area contributed by atoms with E-state index in [4.69, 9.17) is 15.2 Å². The third kappa shape index (κ3) is 12.4. The van der Waals surface area contributed by atoms with Gasteiger partial charge in [0.15, 0.2) is 5.96 Å². The quantitative estimate of drug-likeness (QED) is 0.238. The molecule has 3 N–H and O–H groups in total. The Labute approximate surface area is 152 Å². The first-order valence-electron chi connectivity index (χ1n) is 8.10. The van der Waals surface area contributed by atoms with E-state index >= 15 is 0 Å². The number of aliphatic imine (C=N–C) groups is 1. The molecular weight excluding hydrogens is 395 g/mol. The second kappa shape index (κ2) is 14.5. The Morgan fingerprint density at radius 2 is 2.05 bits per heavy atom. The minimum absolute atomic E-state index is 0. The Morgan fingerprint density at radius 3 is 2.73 bits per heavy atom. The zero-order chi connectivity index (χ0) is 15.3. The standard InChI is InChI=1S/C15H32N4O2.HI/c1-14(2)13-21-10-4-6-18-15(16)17-5-3-7-19-8-11-20-12-9-19;/h14H,3-13H2,1-2H3,(H3,16,17,18);1H. The summed E-state index contributed by atoms with van der Waals surface area (Å²) >= 11 is 0. The van der Waals surface area contributed by atoms with Crippen molar-refractivity contribution in [1.82, 2.24) is 10.2 Å². The zero-order valence-electron chi connectivity index (χ0n) is 14.1. The van der Waals surface area contributed by atoms with Crippen molar-refractivity contribution in [2.24, 2.45) is 16.6 Å². The summed E-state index contributed by atoms with van der Waals surface area (Å²) in [7, 11) is 0. The molecule has 0 spiro atoms. The summed E-state index contributed by atoms with van der Waals surface area (Å²) in [4.78, 5) is 6.72. The van der Waals surface area contributed by atoms with Crippen molar-refractivity contribution < 1.29 is 9.47 Å². The minimum Gasteiger partial charge on any atom is -0.381 e. The first-order valence-corrected chi connectivity index (χ1v) is 8.10. The molecule has 1 heterocycles. The maximum absolute atomic E-state index is 5.82. The monoisotopic (exact) mass is 428 g/mol. The highest BCUT2D eigenvalue weighted by molar-refractivity contribution is 14.0. The topological polar surface area (TPSA) is 72.1 Å². The molecule has 132 valence electrons. The first kappa shape index (κ1) is 21.9. The number of nitrogens with two attached hydrogens (primary N) is 1. The van der Waals surface area contributed by atoms with Gasteiger partial charge in [-0.05, 0) is 25.3 Å². The summed E-state index contributed by atoms with van der Waals surface area (Å²) in [5.74, 6) is 1.13. The van der Waals surface area contributed by atoms with Crippen LogP contribution in [0.25, 0.3) is 0 Å². The van der Waals surface area contributed by atoms with E-state index in [9.17, 15) is 0 Å². The van der Waals surface area contributed by atoms with Crippen molar-refractivity contribution in [2.45, 2.75) is 26.7 Å². The van der Waals surface area contributed by atoms with Crippen LogP contribution in [0.2, 0.25) is 0 Å². The van der Waals surface area contributed by atoms with Gasteiger partial charge < -0.3 is 20.5 Å². The third-order valence-electron chi connectivity index (χ3n) is 3.24. The number of hydrogen-bond donors (Lipinski definition) is 2. The normalized spacial score (nSPS) is 16.6. The Kier molecular flexibility index (Phi) is 14.4. The lowest BCUT2D eigenvalue weighted by Crippen LogP contribution is -2.39. The molecule has 22 heavy (non-hydrogen) atoms.